The third-order valence-electron chi connectivity index (χ3n) is 2.59. The zero-order chi connectivity index (χ0) is 15.3. The summed E-state index contributed by atoms with van der Waals surface area (Å²) in [5.74, 6) is -1.13. The second kappa shape index (κ2) is 6.83. The maximum absolute atomic E-state index is 11.2. The Bertz CT molecular complexity index is 503. The van der Waals surface area contributed by atoms with Gasteiger partial charge in [0.2, 0.25) is 0 Å². The largest absolute Gasteiger partial charge is 0.508 e. The number of aliphatic hydroxyl groups is 2. The molecule has 20 heavy (non-hydrogen) atoms. The molecule has 8 heteroatoms. The van der Waals surface area contributed by atoms with Crippen molar-refractivity contribution in [1.29, 1.82) is 0 Å². The van der Waals surface area contributed by atoms with Crippen LogP contribution in [0.5, 0.6) is 5.75 Å². The van der Waals surface area contributed by atoms with Gasteiger partial charge in [-0.3, -0.25) is 14.9 Å². The first-order valence-electron chi connectivity index (χ1n) is 5.85. The first-order chi connectivity index (χ1) is 9.36. The SMILES string of the molecule is CCOC(=O)CC(O)C(O)c1cc([N+](=O)[O-])ccc1O. The van der Waals surface area contributed by atoms with E-state index < -0.39 is 35.3 Å². The van der Waals surface area contributed by atoms with E-state index in [0.717, 1.165) is 18.2 Å². The van der Waals surface area contributed by atoms with Gasteiger partial charge in [0.05, 0.1) is 24.1 Å². The summed E-state index contributed by atoms with van der Waals surface area (Å²) >= 11 is 0. The molecule has 8 nitrogen and oxygen atoms in total. The van der Waals surface area contributed by atoms with E-state index in [9.17, 15) is 30.2 Å². The van der Waals surface area contributed by atoms with E-state index in [1.807, 2.05) is 0 Å². The van der Waals surface area contributed by atoms with Crippen LogP contribution in [0.4, 0.5) is 5.69 Å². The lowest BCUT2D eigenvalue weighted by Gasteiger charge is -2.18. The lowest BCUT2D eigenvalue weighted by atomic mass is 10.0. The minimum atomic E-state index is -1.64. The van der Waals surface area contributed by atoms with Crippen LogP contribution < -0.4 is 0 Å². The van der Waals surface area contributed by atoms with Crippen molar-refractivity contribution >= 4 is 11.7 Å². The van der Waals surface area contributed by atoms with Gasteiger partial charge in [0.25, 0.3) is 5.69 Å². The predicted octanol–water partition coefficient (Wildman–Crippen LogP) is 0.648. The highest BCUT2D eigenvalue weighted by atomic mass is 16.6. The molecule has 0 saturated heterocycles. The van der Waals surface area contributed by atoms with Gasteiger partial charge in [-0.1, -0.05) is 0 Å². The molecule has 0 aliphatic heterocycles. The molecular formula is C12H15NO7. The number of hydrogen-bond donors (Lipinski definition) is 3. The van der Waals surface area contributed by atoms with Crippen molar-refractivity contribution in [1.82, 2.24) is 0 Å². The van der Waals surface area contributed by atoms with E-state index >= 15 is 0 Å². The third-order valence-corrected chi connectivity index (χ3v) is 2.59. The normalized spacial score (nSPS) is 13.6. The molecule has 0 heterocycles. The maximum Gasteiger partial charge on any atom is 0.308 e. The molecule has 2 atom stereocenters. The van der Waals surface area contributed by atoms with Gasteiger partial charge in [0, 0.05) is 17.7 Å². The Morgan fingerprint density at radius 2 is 2.10 bits per heavy atom. The van der Waals surface area contributed by atoms with Gasteiger partial charge in [-0.2, -0.15) is 0 Å². The Morgan fingerprint density at radius 1 is 1.45 bits per heavy atom. The van der Waals surface area contributed by atoms with E-state index in [1.54, 1.807) is 6.92 Å². The van der Waals surface area contributed by atoms with Gasteiger partial charge in [0.15, 0.2) is 0 Å². The van der Waals surface area contributed by atoms with E-state index in [4.69, 9.17) is 0 Å². The minimum absolute atomic E-state index is 0.129. The molecule has 0 aliphatic carbocycles. The van der Waals surface area contributed by atoms with Gasteiger partial charge in [-0.15, -0.1) is 0 Å². The number of carbonyl (C=O) groups excluding carboxylic acids is 1. The molecule has 0 aromatic heterocycles. The van der Waals surface area contributed by atoms with Crippen LogP contribution in [-0.2, 0) is 9.53 Å². The van der Waals surface area contributed by atoms with Crippen LogP contribution in [0, 0.1) is 10.1 Å². The topological polar surface area (TPSA) is 130 Å². The van der Waals surface area contributed by atoms with Gasteiger partial charge in [-0.25, -0.2) is 0 Å². The Kier molecular flexibility index (Phi) is 5.42. The van der Waals surface area contributed by atoms with Gasteiger partial charge in [0.1, 0.15) is 11.9 Å². The quantitative estimate of drug-likeness (QED) is 0.397. The number of esters is 1. The second-order valence-corrected chi connectivity index (χ2v) is 4.02. The van der Waals surface area contributed by atoms with Crippen molar-refractivity contribution in [3.63, 3.8) is 0 Å². The fourth-order valence-electron chi connectivity index (χ4n) is 1.60. The summed E-state index contributed by atoms with van der Waals surface area (Å²) in [6.07, 6.45) is -3.67. The zero-order valence-corrected chi connectivity index (χ0v) is 10.7. The molecule has 2 unspecified atom stereocenters. The van der Waals surface area contributed by atoms with Crippen molar-refractivity contribution in [2.24, 2.45) is 0 Å². The summed E-state index contributed by atoms with van der Waals surface area (Å²) in [4.78, 5) is 21.1. The van der Waals surface area contributed by atoms with Gasteiger partial charge >= 0.3 is 5.97 Å². The van der Waals surface area contributed by atoms with Gasteiger partial charge < -0.3 is 20.1 Å². The van der Waals surface area contributed by atoms with Crippen molar-refractivity contribution in [2.45, 2.75) is 25.6 Å². The van der Waals surface area contributed by atoms with Crippen LogP contribution in [0.25, 0.3) is 0 Å². The van der Waals surface area contributed by atoms with Crippen LogP contribution in [0.3, 0.4) is 0 Å². The van der Waals surface area contributed by atoms with Crippen LogP contribution >= 0.6 is 0 Å². The standard InChI is InChI=1S/C12H15NO7/c1-2-20-11(16)6-10(15)12(17)8-5-7(13(18)19)3-4-9(8)14/h3-5,10,12,14-15,17H,2,6H2,1H3. The predicted molar refractivity (Wildman–Crippen MR) is 67.0 cm³/mol. The molecule has 110 valence electrons. The number of phenolic OH excluding ortho intramolecular Hbond substituents is 1. The highest BCUT2D eigenvalue weighted by molar-refractivity contribution is 5.70. The number of hydrogen-bond acceptors (Lipinski definition) is 7. The van der Waals surface area contributed by atoms with Crippen LogP contribution in [0.1, 0.15) is 25.0 Å². The molecule has 0 fully saturated rings. The molecule has 1 aromatic rings. The average Bonchev–Trinajstić information content (AvgIpc) is 2.38. The molecule has 0 saturated carbocycles. The maximum atomic E-state index is 11.2. The average molecular weight is 285 g/mol. The molecule has 0 amide bonds. The monoisotopic (exact) mass is 285 g/mol. The number of phenols is 1. The number of non-ortho nitro benzene ring substituents is 1. The molecule has 0 spiro atoms. The molecule has 1 aromatic carbocycles. The number of ether oxygens (including phenoxy) is 1. The van der Waals surface area contributed by atoms with Crippen molar-refractivity contribution in [2.75, 3.05) is 6.61 Å². The summed E-state index contributed by atoms with van der Waals surface area (Å²) < 4.78 is 4.61. The lowest BCUT2D eigenvalue weighted by molar-refractivity contribution is -0.385. The van der Waals surface area contributed by atoms with Crippen molar-refractivity contribution < 1.29 is 29.8 Å². The number of benzene rings is 1. The number of nitro benzene ring substituents is 1. The summed E-state index contributed by atoms with van der Waals surface area (Å²) in [6, 6.07) is 3.03. The van der Waals surface area contributed by atoms with Crippen molar-refractivity contribution in [3.8, 4) is 5.75 Å². The molecular weight excluding hydrogens is 270 g/mol. The van der Waals surface area contributed by atoms with Crippen LogP contribution in [-0.4, -0.2) is 38.9 Å². The van der Waals surface area contributed by atoms with Crippen LogP contribution in [0.2, 0.25) is 0 Å². The fraction of sp³-hybridized carbons (Fsp3) is 0.417. The van der Waals surface area contributed by atoms with E-state index in [0.29, 0.717) is 0 Å². The number of nitrogens with zero attached hydrogens (tertiary/aromatic N) is 1. The number of aliphatic hydroxyl groups excluding tert-OH is 2. The molecule has 0 radical (unpaired) electrons. The van der Waals surface area contributed by atoms with Gasteiger partial charge in [-0.05, 0) is 13.0 Å². The number of carbonyl (C=O) groups is 1. The Hall–Kier alpha value is -2.19. The summed E-state index contributed by atoms with van der Waals surface area (Å²) in [5.41, 5.74) is -0.573. The summed E-state index contributed by atoms with van der Waals surface area (Å²) in [7, 11) is 0. The lowest BCUT2D eigenvalue weighted by Crippen LogP contribution is -2.23. The number of aromatic hydroxyl groups is 1. The van der Waals surface area contributed by atoms with E-state index in [1.165, 1.54) is 0 Å². The summed E-state index contributed by atoms with van der Waals surface area (Å²) in [6.45, 7) is 1.72. The number of nitro groups is 1. The third kappa shape index (κ3) is 3.90. The van der Waals surface area contributed by atoms with Crippen molar-refractivity contribution in [3.05, 3.63) is 33.9 Å². The first kappa shape index (κ1) is 15.9. The zero-order valence-electron chi connectivity index (χ0n) is 10.7. The smallest absolute Gasteiger partial charge is 0.308 e. The van der Waals surface area contributed by atoms with Crippen LogP contribution in [0.15, 0.2) is 18.2 Å². The minimum Gasteiger partial charge on any atom is -0.508 e. The molecule has 1 rings (SSSR count). The molecule has 0 bridgehead atoms. The highest BCUT2D eigenvalue weighted by Crippen LogP contribution is 2.31. The van der Waals surface area contributed by atoms with E-state index in [2.05, 4.69) is 4.74 Å². The van der Waals surface area contributed by atoms with E-state index in [-0.39, 0.29) is 17.9 Å². The Balaban J connectivity index is 2.90. The Morgan fingerprint density at radius 3 is 2.65 bits per heavy atom. The fourth-order valence-corrected chi connectivity index (χ4v) is 1.60. The Labute approximate surface area is 114 Å². The summed E-state index contributed by atoms with van der Waals surface area (Å²) in [5, 5.41) is 39.7. The second-order valence-electron chi connectivity index (χ2n) is 4.02. The highest BCUT2D eigenvalue weighted by Gasteiger charge is 2.26. The first-order valence-corrected chi connectivity index (χ1v) is 5.85. The number of rotatable bonds is 6. The molecule has 3 N–H and O–H groups in total. The molecule has 0 aliphatic rings.